The highest BCUT2D eigenvalue weighted by Gasteiger charge is 2.35. The molecule has 3 rings (SSSR count). The van der Waals surface area contributed by atoms with Gasteiger partial charge in [-0.25, -0.2) is 0 Å². The van der Waals surface area contributed by atoms with Crippen LogP contribution in [0.1, 0.15) is 52.5 Å². The highest BCUT2D eigenvalue weighted by atomic mass is 16.6. The van der Waals surface area contributed by atoms with E-state index in [0.717, 1.165) is 57.8 Å². The molecular weight excluding hydrogens is 444 g/mol. The van der Waals surface area contributed by atoms with Gasteiger partial charge < -0.3 is 14.4 Å². The van der Waals surface area contributed by atoms with Gasteiger partial charge in [-0.2, -0.15) is 5.26 Å². The van der Waals surface area contributed by atoms with Gasteiger partial charge in [0, 0.05) is 57.4 Å². The zero-order chi connectivity index (χ0) is 25.4. The topological polar surface area (TPSA) is 86.1 Å². The first-order chi connectivity index (χ1) is 16.7. The predicted molar refractivity (Wildman–Crippen MR) is 135 cm³/mol. The first kappa shape index (κ1) is 27.0. The van der Waals surface area contributed by atoms with Gasteiger partial charge in [0.2, 0.25) is 0 Å². The highest BCUT2D eigenvalue weighted by molar-refractivity contribution is 5.71. The Kier molecular flexibility index (Phi) is 9.53. The van der Waals surface area contributed by atoms with E-state index in [4.69, 9.17) is 14.7 Å². The number of rotatable bonds is 8. The summed E-state index contributed by atoms with van der Waals surface area (Å²) in [5.41, 5.74) is 1.34. The molecule has 8 nitrogen and oxygen atoms in total. The van der Waals surface area contributed by atoms with Crippen LogP contribution in [0.3, 0.4) is 0 Å². The zero-order valence-electron chi connectivity index (χ0n) is 21.7. The van der Waals surface area contributed by atoms with E-state index in [1.165, 1.54) is 0 Å². The van der Waals surface area contributed by atoms with Crippen LogP contribution in [0.4, 0.5) is 5.69 Å². The molecular formula is C27H40N4O4. The van der Waals surface area contributed by atoms with E-state index in [1.807, 2.05) is 52.0 Å². The summed E-state index contributed by atoms with van der Waals surface area (Å²) in [5.74, 6) is -0.0653. The van der Waals surface area contributed by atoms with Crippen LogP contribution in [0.2, 0.25) is 0 Å². The summed E-state index contributed by atoms with van der Waals surface area (Å²) >= 11 is 0. The molecule has 0 N–H and O–H groups in total. The minimum absolute atomic E-state index is 0.163. The average Bonchev–Trinajstić information content (AvgIpc) is 2.82. The fourth-order valence-electron chi connectivity index (χ4n) is 5.15. The number of ether oxygens (including phenoxy) is 2. The Balaban J connectivity index is 1.61. The van der Waals surface area contributed by atoms with Crippen LogP contribution < -0.4 is 4.90 Å². The summed E-state index contributed by atoms with van der Waals surface area (Å²) in [6, 6.07) is 10.3. The third-order valence-corrected chi connectivity index (χ3v) is 6.72. The van der Waals surface area contributed by atoms with Crippen LogP contribution in [0.15, 0.2) is 24.3 Å². The van der Waals surface area contributed by atoms with Gasteiger partial charge >= 0.3 is 11.9 Å². The fraction of sp³-hybridized carbons (Fsp3) is 0.667. The number of hydrogen-bond acceptors (Lipinski definition) is 8. The van der Waals surface area contributed by atoms with Gasteiger partial charge in [-0.05, 0) is 70.7 Å². The number of anilines is 1. The third kappa shape index (κ3) is 8.22. The summed E-state index contributed by atoms with van der Waals surface area (Å²) in [4.78, 5) is 31.6. The molecule has 2 unspecified atom stereocenters. The SMILES string of the molecule is CCOC(=O)CN1CCC(N2CCN(c3ccc(C#N)cc3)CC2)C(CCC(=O)OC(C)(C)C)C1. The van der Waals surface area contributed by atoms with E-state index in [-0.39, 0.29) is 17.9 Å². The molecule has 192 valence electrons. The number of piperazine rings is 1. The maximum absolute atomic E-state index is 12.4. The number of carbonyl (C=O) groups is 2. The van der Waals surface area contributed by atoms with Crippen molar-refractivity contribution >= 4 is 17.6 Å². The second-order valence-electron chi connectivity index (χ2n) is 10.5. The van der Waals surface area contributed by atoms with Crippen molar-refractivity contribution in [3.05, 3.63) is 29.8 Å². The Bertz CT molecular complexity index is 882. The Morgan fingerprint density at radius 3 is 2.34 bits per heavy atom. The number of nitriles is 1. The number of hydrogen-bond donors (Lipinski definition) is 0. The minimum atomic E-state index is -0.485. The van der Waals surface area contributed by atoms with E-state index >= 15 is 0 Å². The van der Waals surface area contributed by atoms with Gasteiger partial charge in [0.25, 0.3) is 0 Å². The summed E-state index contributed by atoms with van der Waals surface area (Å²) < 4.78 is 10.7. The third-order valence-electron chi connectivity index (χ3n) is 6.72. The molecule has 0 aromatic heterocycles. The second kappa shape index (κ2) is 12.4. The van der Waals surface area contributed by atoms with Gasteiger partial charge in [0.1, 0.15) is 5.60 Å². The molecule has 0 amide bonds. The minimum Gasteiger partial charge on any atom is -0.465 e. The fourth-order valence-corrected chi connectivity index (χ4v) is 5.15. The summed E-state index contributed by atoms with van der Waals surface area (Å²) in [6.45, 7) is 13.6. The molecule has 2 saturated heterocycles. The summed E-state index contributed by atoms with van der Waals surface area (Å²) in [5, 5.41) is 9.04. The smallest absolute Gasteiger partial charge is 0.320 e. The van der Waals surface area contributed by atoms with Crippen molar-refractivity contribution in [2.45, 2.75) is 58.6 Å². The molecule has 0 aliphatic carbocycles. The molecule has 35 heavy (non-hydrogen) atoms. The molecule has 2 aliphatic rings. The number of esters is 2. The lowest BCUT2D eigenvalue weighted by atomic mass is 9.86. The number of benzene rings is 1. The highest BCUT2D eigenvalue weighted by Crippen LogP contribution is 2.29. The lowest BCUT2D eigenvalue weighted by Crippen LogP contribution is -2.57. The predicted octanol–water partition coefficient (Wildman–Crippen LogP) is 3.06. The normalized spacial score (nSPS) is 21.9. The molecule has 1 aromatic rings. The molecule has 1 aromatic carbocycles. The molecule has 0 radical (unpaired) electrons. The van der Waals surface area contributed by atoms with Crippen LogP contribution in [0, 0.1) is 17.2 Å². The number of likely N-dealkylation sites (tertiary alicyclic amines) is 1. The Morgan fingerprint density at radius 2 is 1.74 bits per heavy atom. The average molecular weight is 485 g/mol. The largest absolute Gasteiger partial charge is 0.465 e. The molecule has 2 fully saturated rings. The molecule has 2 atom stereocenters. The van der Waals surface area contributed by atoms with Crippen molar-refractivity contribution in [3.63, 3.8) is 0 Å². The first-order valence-corrected chi connectivity index (χ1v) is 12.8. The Hall–Kier alpha value is -2.63. The van der Waals surface area contributed by atoms with E-state index in [1.54, 1.807) is 0 Å². The van der Waals surface area contributed by atoms with Crippen molar-refractivity contribution < 1.29 is 19.1 Å². The van der Waals surface area contributed by atoms with Crippen molar-refractivity contribution in [2.24, 2.45) is 5.92 Å². The van der Waals surface area contributed by atoms with E-state index < -0.39 is 5.60 Å². The van der Waals surface area contributed by atoms with Gasteiger partial charge in [-0.15, -0.1) is 0 Å². The van der Waals surface area contributed by atoms with Gasteiger partial charge in [-0.1, -0.05) is 0 Å². The maximum Gasteiger partial charge on any atom is 0.320 e. The molecule has 2 aliphatic heterocycles. The van der Waals surface area contributed by atoms with Crippen LogP contribution >= 0.6 is 0 Å². The molecule has 8 heteroatoms. The first-order valence-electron chi connectivity index (χ1n) is 12.8. The van der Waals surface area contributed by atoms with Crippen molar-refractivity contribution in [3.8, 4) is 6.07 Å². The van der Waals surface area contributed by atoms with Crippen molar-refractivity contribution in [2.75, 3.05) is 57.3 Å². The van der Waals surface area contributed by atoms with E-state index in [9.17, 15) is 9.59 Å². The Morgan fingerprint density at radius 1 is 1.06 bits per heavy atom. The van der Waals surface area contributed by atoms with Crippen molar-refractivity contribution in [1.82, 2.24) is 9.80 Å². The van der Waals surface area contributed by atoms with Gasteiger partial charge in [0.05, 0.1) is 24.8 Å². The molecule has 2 heterocycles. The number of nitrogens with zero attached hydrogens (tertiary/aromatic N) is 4. The number of carbonyl (C=O) groups excluding carboxylic acids is 2. The standard InChI is InChI=1S/C27H40N4O4/c1-5-34-26(33)20-29-13-12-24(22(19-29)8-11-25(32)35-27(2,3)4)31-16-14-30(15-17-31)23-9-6-21(18-28)7-10-23/h6-7,9-10,22,24H,5,8,11-17,19-20H2,1-4H3. The van der Waals surface area contributed by atoms with E-state index in [2.05, 4.69) is 20.8 Å². The zero-order valence-corrected chi connectivity index (χ0v) is 21.7. The Labute approximate surface area is 209 Å². The second-order valence-corrected chi connectivity index (χ2v) is 10.5. The van der Waals surface area contributed by atoms with E-state index in [0.29, 0.717) is 31.2 Å². The van der Waals surface area contributed by atoms with Crippen LogP contribution in [-0.4, -0.2) is 85.8 Å². The molecule has 0 saturated carbocycles. The maximum atomic E-state index is 12.4. The molecule has 0 spiro atoms. The van der Waals surface area contributed by atoms with Crippen LogP contribution in [-0.2, 0) is 19.1 Å². The lowest BCUT2D eigenvalue weighted by molar-refractivity contribution is -0.155. The van der Waals surface area contributed by atoms with Crippen molar-refractivity contribution in [1.29, 1.82) is 5.26 Å². The number of piperidine rings is 1. The molecule has 0 bridgehead atoms. The van der Waals surface area contributed by atoms with Gasteiger partial charge in [-0.3, -0.25) is 19.4 Å². The lowest BCUT2D eigenvalue weighted by Gasteiger charge is -2.47. The summed E-state index contributed by atoms with van der Waals surface area (Å²) in [7, 11) is 0. The summed E-state index contributed by atoms with van der Waals surface area (Å²) in [6.07, 6.45) is 2.10. The monoisotopic (exact) mass is 484 g/mol. The van der Waals surface area contributed by atoms with Crippen LogP contribution in [0.5, 0.6) is 0 Å². The van der Waals surface area contributed by atoms with Gasteiger partial charge in [0.15, 0.2) is 0 Å². The van der Waals surface area contributed by atoms with Crippen LogP contribution in [0.25, 0.3) is 0 Å². The quantitative estimate of drug-likeness (QED) is 0.521.